The van der Waals surface area contributed by atoms with Gasteiger partial charge in [0.15, 0.2) is 5.82 Å². The van der Waals surface area contributed by atoms with E-state index >= 15 is 0 Å². The number of nitrogens with one attached hydrogen (secondary N) is 1. The van der Waals surface area contributed by atoms with Gasteiger partial charge in [-0.2, -0.15) is 5.10 Å². The van der Waals surface area contributed by atoms with Gasteiger partial charge in [-0.3, -0.25) is 5.10 Å². The van der Waals surface area contributed by atoms with Gasteiger partial charge in [-0.1, -0.05) is 38.1 Å². The van der Waals surface area contributed by atoms with Crippen molar-refractivity contribution >= 4 is 21.7 Å². The van der Waals surface area contributed by atoms with Crippen molar-refractivity contribution in [3.63, 3.8) is 0 Å². The number of halogens is 1. The highest BCUT2D eigenvalue weighted by Crippen LogP contribution is 2.31. The highest BCUT2D eigenvalue weighted by molar-refractivity contribution is 9.10. The summed E-state index contributed by atoms with van der Waals surface area (Å²) in [7, 11) is 0. The molecule has 1 unspecified atom stereocenters. The summed E-state index contributed by atoms with van der Waals surface area (Å²) in [5.41, 5.74) is 9.07. The molecule has 0 aliphatic rings. The number of aromatic nitrogens is 2. The molecule has 0 bridgehead atoms. The van der Waals surface area contributed by atoms with Crippen LogP contribution in [0.4, 0.5) is 5.82 Å². The summed E-state index contributed by atoms with van der Waals surface area (Å²) in [4.78, 5) is 0. The molecule has 2 rings (SSSR count). The van der Waals surface area contributed by atoms with Crippen LogP contribution in [0, 0.1) is 0 Å². The van der Waals surface area contributed by atoms with Crippen LogP contribution >= 0.6 is 15.9 Å². The molecule has 0 saturated carbocycles. The first-order chi connectivity index (χ1) is 8.13. The van der Waals surface area contributed by atoms with Gasteiger partial charge in [-0.25, -0.2) is 0 Å². The van der Waals surface area contributed by atoms with Crippen LogP contribution in [0.1, 0.15) is 31.7 Å². The van der Waals surface area contributed by atoms with Crippen molar-refractivity contribution in [2.75, 3.05) is 5.73 Å². The molecule has 0 amide bonds. The first-order valence-electron chi connectivity index (χ1n) is 5.73. The fourth-order valence-electron chi connectivity index (χ4n) is 1.75. The zero-order valence-electron chi connectivity index (χ0n) is 10.00. The third-order valence-electron chi connectivity index (χ3n) is 3.11. The maximum absolute atomic E-state index is 5.69. The summed E-state index contributed by atoms with van der Waals surface area (Å²) in [6.07, 6.45) is 1.15. The number of benzene rings is 1. The van der Waals surface area contributed by atoms with E-state index in [1.54, 1.807) is 0 Å². The van der Waals surface area contributed by atoms with E-state index in [9.17, 15) is 0 Å². The Morgan fingerprint density at radius 2 is 2.00 bits per heavy atom. The standard InChI is InChI=1S/C13H16BrN3/c1-3-8(2)9-4-6-10(7-5-9)12-11(14)13(15)17-16-12/h4-8H,3H2,1-2H3,(H3,15,16,17). The number of nitrogen functional groups attached to an aromatic ring is 1. The van der Waals surface area contributed by atoms with Crippen LogP contribution in [-0.4, -0.2) is 10.2 Å². The Kier molecular flexibility index (Phi) is 3.52. The highest BCUT2D eigenvalue weighted by Gasteiger charge is 2.10. The molecule has 0 radical (unpaired) electrons. The van der Waals surface area contributed by atoms with Crippen LogP contribution in [0.25, 0.3) is 11.3 Å². The predicted octanol–water partition coefficient (Wildman–Crippen LogP) is 3.93. The smallest absolute Gasteiger partial charge is 0.160 e. The lowest BCUT2D eigenvalue weighted by molar-refractivity contribution is 0.734. The molecule has 0 spiro atoms. The van der Waals surface area contributed by atoms with E-state index in [4.69, 9.17) is 5.73 Å². The van der Waals surface area contributed by atoms with E-state index < -0.39 is 0 Å². The normalized spacial score (nSPS) is 12.6. The number of aromatic amines is 1. The lowest BCUT2D eigenvalue weighted by Gasteiger charge is -2.09. The van der Waals surface area contributed by atoms with Gasteiger partial charge in [0.25, 0.3) is 0 Å². The minimum atomic E-state index is 0.492. The second-order valence-corrected chi connectivity index (χ2v) is 5.02. The van der Waals surface area contributed by atoms with Gasteiger partial charge in [0.2, 0.25) is 0 Å². The Balaban J connectivity index is 2.32. The fraction of sp³-hybridized carbons (Fsp3) is 0.308. The Morgan fingerprint density at radius 3 is 2.47 bits per heavy atom. The summed E-state index contributed by atoms with van der Waals surface area (Å²) in [5, 5.41) is 6.90. The summed E-state index contributed by atoms with van der Waals surface area (Å²) >= 11 is 3.43. The van der Waals surface area contributed by atoms with Crippen LogP contribution in [0.15, 0.2) is 28.7 Å². The number of nitrogens with zero attached hydrogens (tertiary/aromatic N) is 1. The van der Waals surface area contributed by atoms with E-state index in [0.717, 1.165) is 22.2 Å². The molecule has 0 aliphatic heterocycles. The van der Waals surface area contributed by atoms with Crippen molar-refractivity contribution in [2.24, 2.45) is 0 Å². The average Bonchev–Trinajstić information content (AvgIpc) is 2.69. The van der Waals surface area contributed by atoms with Gasteiger partial charge in [-0.15, -0.1) is 0 Å². The lowest BCUT2D eigenvalue weighted by Crippen LogP contribution is -1.90. The molecule has 1 atom stereocenters. The van der Waals surface area contributed by atoms with Gasteiger partial charge >= 0.3 is 0 Å². The Bertz CT molecular complexity index is 502. The second-order valence-electron chi connectivity index (χ2n) is 4.23. The van der Waals surface area contributed by atoms with Crippen molar-refractivity contribution in [1.82, 2.24) is 10.2 Å². The topological polar surface area (TPSA) is 54.7 Å². The van der Waals surface area contributed by atoms with Crippen LogP contribution in [-0.2, 0) is 0 Å². The molecular formula is C13H16BrN3. The van der Waals surface area contributed by atoms with Gasteiger partial charge in [0.1, 0.15) is 0 Å². The van der Waals surface area contributed by atoms with Crippen LogP contribution in [0.3, 0.4) is 0 Å². The van der Waals surface area contributed by atoms with Gasteiger partial charge in [0.05, 0.1) is 10.2 Å². The monoisotopic (exact) mass is 293 g/mol. The molecule has 0 fully saturated rings. The molecule has 2 aromatic rings. The molecule has 4 heteroatoms. The number of rotatable bonds is 3. The Hall–Kier alpha value is -1.29. The van der Waals surface area contributed by atoms with Crippen molar-refractivity contribution < 1.29 is 0 Å². The van der Waals surface area contributed by atoms with Crippen LogP contribution < -0.4 is 5.73 Å². The Morgan fingerprint density at radius 1 is 1.35 bits per heavy atom. The molecule has 3 nitrogen and oxygen atoms in total. The minimum absolute atomic E-state index is 0.492. The molecule has 3 N–H and O–H groups in total. The first-order valence-corrected chi connectivity index (χ1v) is 6.52. The molecule has 90 valence electrons. The zero-order valence-corrected chi connectivity index (χ0v) is 11.6. The van der Waals surface area contributed by atoms with Crippen molar-refractivity contribution in [3.05, 3.63) is 34.3 Å². The molecule has 0 saturated heterocycles. The van der Waals surface area contributed by atoms with E-state index in [-0.39, 0.29) is 0 Å². The lowest BCUT2D eigenvalue weighted by atomic mass is 9.97. The van der Waals surface area contributed by atoms with E-state index in [1.807, 2.05) is 0 Å². The maximum atomic E-state index is 5.69. The number of nitrogens with two attached hydrogens (primary N) is 1. The van der Waals surface area contributed by atoms with E-state index in [1.165, 1.54) is 5.56 Å². The molecular weight excluding hydrogens is 278 g/mol. The van der Waals surface area contributed by atoms with Crippen molar-refractivity contribution in [3.8, 4) is 11.3 Å². The third kappa shape index (κ3) is 2.36. The first kappa shape index (κ1) is 12.2. The number of hydrogen-bond acceptors (Lipinski definition) is 2. The number of H-pyrrole nitrogens is 1. The van der Waals surface area contributed by atoms with Crippen LogP contribution in [0.2, 0.25) is 0 Å². The largest absolute Gasteiger partial charge is 0.381 e. The fourth-order valence-corrected chi connectivity index (χ4v) is 2.15. The molecule has 1 aromatic heterocycles. The Labute approximate surface area is 110 Å². The third-order valence-corrected chi connectivity index (χ3v) is 3.92. The highest BCUT2D eigenvalue weighted by atomic mass is 79.9. The van der Waals surface area contributed by atoms with E-state index in [0.29, 0.717) is 11.7 Å². The summed E-state index contributed by atoms with van der Waals surface area (Å²) in [5.74, 6) is 1.09. The minimum Gasteiger partial charge on any atom is -0.381 e. The summed E-state index contributed by atoms with van der Waals surface area (Å²) in [6.45, 7) is 4.43. The maximum Gasteiger partial charge on any atom is 0.160 e. The average molecular weight is 294 g/mol. The predicted molar refractivity (Wildman–Crippen MR) is 74.8 cm³/mol. The number of hydrogen-bond donors (Lipinski definition) is 2. The molecule has 0 aliphatic carbocycles. The molecule has 1 heterocycles. The molecule has 17 heavy (non-hydrogen) atoms. The van der Waals surface area contributed by atoms with Gasteiger partial charge in [0, 0.05) is 5.56 Å². The number of anilines is 1. The zero-order chi connectivity index (χ0) is 12.4. The van der Waals surface area contributed by atoms with Crippen molar-refractivity contribution in [2.45, 2.75) is 26.2 Å². The van der Waals surface area contributed by atoms with Gasteiger partial charge < -0.3 is 5.73 Å². The van der Waals surface area contributed by atoms with Gasteiger partial charge in [-0.05, 0) is 33.8 Å². The quantitative estimate of drug-likeness (QED) is 0.901. The molecule has 1 aromatic carbocycles. The summed E-state index contributed by atoms with van der Waals surface area (Å²) in [6, 6.07) is 8.51. The van der Waals surface area contributed by atoms with E-state index in [2.05, 4.69) is 64.2 Å². The summed E-state index contributed by atoms with van der Waals surface area (Å²) < 4.78 is 0.828. The van der Waals surface area contributed by atoms with Crippen molar-refractivity contribution in [1.29, 1.82) is 0 Å². The van der Waals surface area contributed by atoms with Crippen LogP contribution in [0.5, 0.6) is 0 Å². The second kappa shape index (κ2) is 4.92. The SMILES string of the molecule is CCC(C)c1ccc(-c2[nH]nc(N)c2Br)cc1.